The summed E-state index contributed by atoms with van der Waals surface area (Å²) in [6.45, 7) is 5.14. The molecule has 0 aliphatic carbocycles. The highest BCUT2D eigenvalue weighted by atomic mass is 16.5. The maximum atomic E-state index is 12.5. The van der Waals surface area contributed by atoms with E-state index in [4.69, 9.17) is 9.15 Å². The van der Waals surface area contributed by atoms with E-state index in [9.17, 15) is 14.4 Å². The molecule has 25 heavy (non-hydrogen) atoms. The van der Waals surface area contributed by atoms with E-state index in [1.54, 1.807) is 20.8 Å². The van der Waals surface area contributed by atoms with Gasteiger partial charge in [0, 0.05) is 5.56 Å². The lowest BCUT2D eigenvalue weighted by molar-refractivity contribution is 0.0593. The van der Waals surface area contributed by atoms with Gasteiger partial charge in [0.25, 0.3) is 0 Å². The van der Waals surface area contributed by atoms with E-state index in [0.717, 1.165) is 0 Å². The zero-order chi connectivity index (χ0) is 18.7. The van der Waals surface area contributed by atoms with Crippen molar-refractivity contribution in [2.45, 2.75) is 20.8 Å². The number of benzene rings is 1. The predicted octanol–water partition coefficient (Wildman–Crippen LogP) is 3.00. The second-order valence-electron chi connectivity index (χ2n) is 5.33. The molecule has 0 N–H and O–H groups in total. The van der Waals surface area contributed by atoms with Crippen LogP contribution in [0.5, 0.6) is 5.75 Å². The molecule has 7 nitrogen and oxygen atoms in total. The predicted molar refractivity (Wildman–Crippen MR) is 87.0 cm³/mol. The van der Waals surface area contributed by atoms with Crippen molar-refractivity contribution in [2.24, 2.45) is 0 Å². The van der Waals surface area contributed by atoms with Crippen molar-refractivity contribution in [1.82, 2.24) is 0 Å². The maximum Gasteiger partial charge on any atom is 0.347 e. The summed E-state index contributed by atoms with van der Waals surface area (Å²) in [4.78, 5) is 36.0. The molecular formula is C18H18O7. The third-order valence-corrected chi connectivity index (χ3v) is 3.72. The first-order chi connectivity index (χ1) is 11.8. The van der Waals surface area contributed by atoms with Gasteiger partial charge in [0.1, 0.15) is 22.8 Å². The number of hydrogen-bond acceptors (Lipinski definition) is 7. The molecule has 0 fully saturated rings. The average Bonchev–Trinajstić information content (AvgIpc) is 2.85. The molecule has 2 aromatic rings. The monoisotopic (exact) mass is 346 g/mol. The van der Waals surface area contributed by atoms with Crippen LogP contribution < -0.4 is 4.74 Å². The summed E-state index contributed by atoms with van der Waals surface area (Å²) in [5.41, 5.74) is 1.09. The summed E-state index contributed by atoms with van der Waals surface area (Å²) >= 11 is 0. The Morgan fingerprint density at radius 1 is 0.800 bits per heavy atom. The van der Waals surface area contributed by atoms with E-state index in [1.165, 1.54) is 32.4 Å². The second kappa shape index (κ2) is 7.21. The van der Waals surface area contributed by atoms with Crippen LogP contribution in [0.1, 0.15) is 48.2 Å². The molecule has 0 saturated heterocycles. The van der Waals surface area contributed by atoms with Crippen molar-refractivity contribution in [2.75, 3.05) is 14.2 Å². The van der Waals surface area contributed by atoms with Crippen LogP contribution in [0.3, 0.4) is 0 Å². The molecular weight excluding hydrogens is 328 g/mol. The van der Waals surface area contributed by atoms with Gasteiger partial charge in [-0.1, -0.05) is 0 Å². The number of ether oxygens (including phenoxy) is 3. The average molecular weight is 346 g/mol. The minimum absolute atomic E-state index is 0.0194. The van der Waals surface area contributed by atoms with Gasteiger partial charge in [-0.25, -0.2) is 14.4 Å². The lowest BCUT2D eigenvalue weighted by Gasteiger charge is -2.09. The molecule has 1 aromatic carbocycles. The Hall–Kier alpha value is -3.09. The molecule has 1 aromatic heterocycles. The fourth-order valence-electron chi connectivity index (χ4n) is 2.38. The molecule has 0 aliphatic heterocycles. The standard InChI is InChI=1S/C18H18O7/c1-9-10(2)24-11(3)15(9)18(21)25-14-7-12(16(19)22-4)6-13(8-14)17(20)23-5/h6-8H,1-5H3. The summed E-state index contributed by atoms with van der Waals surface area (Å²) in [5, 5.41) is 0. The molecule has 0 atom stereocenters. The van der Waals surface area contributed by atoms with Gasteiger partial charge in [-0.3, -0.25) is 0 Å². The Kier molecular flexibility index (Phi) is 5.26. The Morgan fingerprint density at radius 3 is 1.72 bits per heavy atom. The molecule has 132 valence electrons. The molecule has 7 heteroatoms. The van der Waals surface area contributed by atoms with Gasteiger partial charge in [-0.15, -0.1) is 0 Å². The van der Waals surface area contributed by atoms with E-state index in [-0.39, 0.29) is 16.9 Å². The Labute approximate surface area is 144 Å². The lowest BCUT2D eigenvalue weighted by atomic mass is 10.1. The van der Waals surface area contributed by atoms with E-state index >= 15 is 0 Å². The van der Waals surface area contributed by atoms with Crippen LogP contribution in [-0.2, 0) is 9.47 Å². The normalized spacial score (nSPS) is 10.3. The highest BCUT2D eigenvalue weighted by Gasteiger charge is 2.22. The van der Waals surface area contributed by atoms with Gasteiger partial charge in [0.15, 0.2) is 0 Å². The quantitative estimate of drug-likeness (QED) is 0.620. The molecule has 2 rings (SSSR count). The maximum absolute atomic E-state index is 12.5. The number of methoxy groups -OCH3 is 2. The molecule has 0 aliphatic rings. The zero-order valence-electron chi connectivity index (χ0n) is 14.6. The number of carbonyl (C=O) groups is 3. The van der Waals surface area contributed by atoms with Gasteiger partial charge in [-0.2, -0.15) is 0 Å². The zero-order valence-corrected chi connectivity index (χ0v) is 14.6. The van der Waals surface area contributed by atoms with Crippen LogP contribution in [0.4, 0.5) is 0 Å². The summed E-state index contributed by atoms with van der Waals surface area (Å²) < 4.78 is 20.0. The van der Waals surface area contributed by atoms with Crippen molar-refractivity contribution < 1.29 is 33.0 Å². The first-order valence-corrected chi connectivity index (χ1v) is 7.39. The van der Waals surface area contributed by atoms with Crippen LogP contribution in [-0.4, -0.2) is 32.1 Å². The number of rotatable bonds is 4. The van der Waals surface area contributed by atoms with Crippen LogP contribution in [0.25, 0.3) is 0 Å². The lowest BCUT2D eigenvalue weighted by Crippen LogP contribution is -2.13. The van der Waals surface area contributed by atoms with Crippen molar-refractivity contribution in [3.05, 3.63) is 52.0 Å². The van der Waals surface area contributed by atoms with Gasteiger partial charge in [0.2, 0.25) is 0 Å². The van der Waals surface area contributed by atoms with E-state index in [1.807, 2.05) is 0 Å². The highest BCUT2D eigenvalue weighted by Crippen LogP contribution is 2.24. The molecule has 1 heterocycles. The summed E-state index contributed by atoms with van der Waals surface area (Å²) in [5.74, 6) is -0.930. The van der Waals surface area contributed by atoms with Gasteiger partial charge in [-0.05, 0) is 39.0 Å². The summed E-state index contributed by atoms with van der Waals surface area (Å²) in [6, 6.07) is 3.93. The SMILES string of the molecule is COC(=O)c1cc(OC(=O)c2c(C)oc(C)c2C)cc(C(=O)OC)c1. The molecule has 0 unspecified atom stereocenters. The number of esters is 3. The highest BCUT2D eigenvalue weighted by molar-refractivity contribution is 5.97. The van der Waals surface area contributed by atoms with Crippen LogP contribution in [0, 0.1) is 20.8 Å². The largest absolute Gasteiger partial charge is 0.465 e. The number of carbonyl (C=O) groups excluding carboxylic acids is 3. The smallest absolute Gasteiger partial charge is 0.347 e. The minimum atomic E-state index is -0.672. The molecule has 0 bridgehead atoms. The fourth-order valence-corrected chi connectivity index (χ4v) is 2.38. The third-order valence-electron chi connectivity index (χ3n) is 3.72. The topological polar surface area (TPSA) is 92.0 Å². The minimum Gasteiger partial charge on any atom is -0.465 e. The Balaban J connectivity index is 2.42. The van der Waals surface area contributed by atoms with Gasteiger partial charge in [0.05, 0.1) is 25.3 Å². The fraction of sp³-hybridized carbons (Fsp3) is 0.278. The van der Waals surface area contributed by atoms with Crippen LogP contribution in [0.2, 0.25) is 0 Å². The number of hydrogen-bond donors (Lipinski definition) is 0. The van der Waals surface area contributed by atoms with E-state index in [0.29, 0.717) is 22.6 Å². The van der Waals surface area contributed by atoms with Crippen molar-refractivity contribution in [3.8, 4) is 5.75 Å². The third kappa shape index (κ3) is 3.71. The molecule has 0 saturated carbocycles. The second-order valence-corrected chi connectivity index (χ2v) is 5.33. The van der Waals surface area contributed by atoms with E-state index in [2.05, 4.69) is 9.47 Å². The Bertz CT molecular complexity index is 811. The van der Waals surface area contributed by atoms with Crippen molar-refractivity contribution in [3.63, 3.8) is 0 Å². The van der Waals surface area contributed by atoms with Gasteiger partial charge < -0.3 is 18.6 Å². The molecule has 0 spiro atoms. The first-order valence-electron chi connectivity index (χ1n) is 7.39. The summed E-state index contributed by atoms with van der Waals surface area (Å²) in [6.07, 6.45) is 0. The first kappa shape index (κ1) is 18.3. The number of furan rings is 1. The van der Waals surface area contributed by atoms with E-state index < -0.39 is 17.9 Å². The summed E-state index contributed by atoms with van der Waals surface area (Å²) in [7, 11) is 2.42. The van der Waals surface area contributed by atoms with Crippen LogP contribution in [0.15, 0.2) is 22.6 Å². The van der Waals surface area contributed by atoms with Gasteiger partial charge >= 0.3 is 17.9 Å². The molecule has 0 amide bonds. The Morgan fingerprint density at radius 2 is 1.32 bits per heavy atom. The van der Waals surface area contributed by atoms with Crippen molar-refractivity contribution >= 4 is 17.9 Å². The van der Waals surface area contributed by atoms with Crippen LogP contribution >= 0.6 is 0 Å². The number of aryl methyl sites for hydroxylation is 2. The van der Waals surface area contributed by atoms with Crippen molar-refractivity contribution in [1.29, 1.82) is 0 Å². The molecule has 0 radical (unpaired) electrons.